The van der Waals surface area contributed by atoms with Gasteiger partial charge in [-0.2, -0.15) is 0 Å². The number of aliphatic imine (C=N–C) groups is 1. The minimum absolute atomic E-state index is 0.0447. The van der Waals surface area contributed by atoms with E-state index >= 15 is 0 Å². The van der Waals surface area contributed by atoms with Crippen LogP contribution in [0, 0.1) is 5.82 Å². The molecule has 2 aliphatic rings. The number of rotatable bonds is 13. The third kappa shape index (κ3) is 8.09. The van der Waals surface area contributed by atoms with Gasteiger partial charge in [0.15, 0.2) is 16.7 Å². The van der Waals surface area contributed by atoms with E-state index in [0.717, 1.165) is 24.2 Å². The Kier molecular flexibility index (Phi) is 10.5. The molecule has 2 aliphatic heterocycles. The highest BCUT2D eigenvalue weighted by Gasteiger charge is 2.33. The van der Waals surface area contributed by atoms with Crippen LogP contribution in [0.1, 0.15) is 76.7 Å². The summed E-state index contributed by atoms with van der Waals surface area (Å²) in [5.74, 6) is 1.07. The summed E-state index contributed by atoms with van der Waals surface area (Å²) in [6, 6.07) is 11.7. The van der Waals surface area contributed by atoms with Gasteiger partial charge in [0, 0.05) is 6.54 Å². The van der Waals surface area contributed by atoms with Crippen molar-refractivity contribution < 1.29 is 18.7 Å². The first-order chi connectivity index (χ1) is 18.1. The molecule has 0 atom stereocenters. The molecule has 2 aromatic rings. The summed E-state index contributed by atoms with van der Waals surface area (Å²) in [7, 11) is 0. The molecule has 1 saturated heterocycles. The minimum atomic E-state index is -0.305. The van der Waals surface area contributed by atoms with Gasteiger partial charge in [-0.3, -0.25) is 9.69 Å². The Morgan fingerprint density at radius 2 is 1.54 bits per heavy atom. The molecule has 0 radical (unpaired) electrons. The Balaban J connectivity index is 1.38. The van der Waals surface area contributed by atoms with E-state index < -0.39 is 0 Å². The standard InChI is InChI=1S/C30H37FN2O3S/c1-2-3-4-5-6-7-8-9-10-11-18-33-29(34)28(37-30(33)32-25-15-13-24(31)14-16-25)22-23-12-17-26-27(21-23)36-20-19-35-26/h12-17,21-22H,2-11,18-20H2,1H3/b28-22-,32-30?. The summed E-state index contributed by atoms with van der Waals surface area (Å²) in [6.45, 7) is 3.93. The lowest BCUT2D eigenvalue weighted by Crippen LogP contribution is -2.30. The SMILES string of the molecule is CCCCCCCCCCCCN1C(=O)/C(=C/c2ccc3c(c2)OCCO3)SC1=Nc1ccc(F)cc1. The van der Waals surface area contributed by atoms with Crippen molar-refractivity contribution in [3.05, 3.63) is 58.8 Å². The van der Waals surface area contributed by atoms with Crippen molar-refractivity contribution in [3.8, 4) is 11.5 Å². The number of hydrogen-bond donors (Lipinski definition) is 0. The number of halogens is 1. The van der Waals surface area contributed by atoms with Gasteiger partial charge in [0.05, 0.1) is 10.6 Å². The van der Waals surface area contributed by atoms with Gasteiger partial charge >= 0.3 is 0 Å². The highest BCUT2D eigenvalue weighted by atomic mass is 32.2. The Bertz CT molecular complexity index is 1100. The number of benzene rings is 2. The topological polar surface area (TPSA) is 51.1 Å². The van der Waals surface area contributed by atoms with Crippen molar-refractivity contribution in [2.24, 2.45) is 4.99 Å². The van der Waals surface area contributed by atoms with E-state index in [1.54, 1.807) is 17.0 Å². The van der Waals surface area contributed by atoms with Crippen molar-refractivity contribution in [2.75, 3.05) is 19.8 Å². The van der Waals surface area contributed by atoms with E-state index in [1.807, 2.05) is 24.3 Å². The molecular weight excluding hydrogens is 487 g/mol. The predicted molar refractivity (Wildman–Crippen MR) is 150 cm³/mol. The summed E-state index contributed by atoms with van der Waals surface area (Å²) >= 11 is 1.36. The van der Waals surface area contributed by atoms with Crippen molar-refractivity contribution >= 4 is 34.6 Å². The van der Waals surface area contributed by atoms with E-state index in [9.17, 15) is 9.18 Å². The van der Waals surface area contributed by atoms with Gasteiger partial charge in [-0.25, -0.2) is 9.38 Å². The molecule has 37 heavy (non-hydrogen) atoms. The van der Waals surface area contributed by atoms with Crippen LogP contribution in [-0.2, 0) is 4.79 Å². The van der Waals surface area contributed by atoms with E-state index in [0.29, 0.717) is 41.3 Å². The molecule has 0 bridgehead atoms. The van der Waals surface area contributed by atoms with Crippen LogP contribution >= 0.6 is 11.8 Å². The summed E-state index contributed by atoms with van der Waals surface area (Å²) in [5, 5.41) is 0.635. The molecule has 0 unspecified atom stereocenters. The summed E-state index contributed by atoms with van der Waals surface area (Å²) in [4.78, 5) is 20.5. The van der Waals surface area contributed by atoms with Gasteiger partial charge in [-0.1, -0.05) is 70.8 Å². The molecule has 4 rings (SSSR count). The molecule has 1 amide bonds. The van der Waals surface area contributed by atoms with E-state index in [-0.39, 0.29) is 11.7 Å². The quantitative estimate of drug-likeness (QED) is 0.196. The van der Waals surface area contributed by atoms with Crippen molar-refractivity contribution in [1.29, 1.82) is 0 Å². The average molecular weight is 525 g/mol. The first kappa shape index (κ1) is 27.2. The van der Waals surface area contributed by atoms with E-state index in [1.165, 1.54) is 75.3 Å². The first-order valence-corrected chi connectivity index (χ1v) is 14.4. The van der Waals surface area contributed by atoms with Crippen LogP contribution in [0.4, 0.5) is 10.1 Å². The number of ether oxygens (including phenoxy) is 2. The second-order valence-corrected chi connectivity index (χ2v) is 10.5. The number of carbonyl (C=O) groups excluding carboxylic acids is 1. The number of fused-ring (bicyclic) bond motifs is 1. The van der Waals surface area contributed by atoms with Crippen molar-refractivity contribution in [2.45, 2.75) is 71.1 Å². The number of unbranched alkanes of at least 4 members (excludes halogenated alkanes) is 9. The minimum Gasteiger partial charge on any atom is -0.486 e. The third-order valence-corrected chi connectivity index (χ3v) is 7.55. The lowest BCUT2D eigenvalue weighted by atomic mass is 10.1. The zero-order valence-corrected chi connectivity index (χ0v) is 22.5. The molecule has 2 aromatic carbocycles. The zero-order chi connectivity index (χ0) is 25.9. The normalized spacial score (nSPS) is 17.2. The molecule has 0 aromatic heterocycles. The molecule has 0 aliphatic carbocycles. The first-order valence-electron chi connectivity index (χ1n) is 13.6. The third-order valence-electron chi connectivity index (χ3n) is 6.54. The Morgan fingerprint density at radius 1 is 0.892 bits per heavy atom. The maximum absolute atomic E-state index is 13.4. The van der Waals surface area contributed by atoms with Gasteiger partial charge in [-0.15, -0.1) is 0 Å². The zero-order valence-electron chi connectivity index (χ0n) is 21.7. The Labute approximate surface area is 224 Å². The fraction of sp³-hybridized carbons (Fsp3) is 0.467. The fourth-order valence-electron chi connectivity index (χ4n) is 4.47. The average Bonchev–Trinajstić information content (AvgIpc) is 3.19. The van der Waals surface area contributed by atoms with Gasteiger partial charge in [0.25, 0.3) is 5.91 Å². The van der Waals surface area contributed by atoms with Crippen LogP contribution in [-0.4, -0.2) is 35.7 Å². The molecule has 198 valence electrons. The maximum atomic E-state index is 13.4. The lowest BCUT2D eigenvalue weighted by molar-refractivity contribution is -0.122. The second-order valence-electron chi connectivity index (χ2n) is 9.52. The van der Waals surface area contributed by atoms with Crippen LogP contribution in [0.3, 0.4) is 0 Å². The van der Waals surface area contributed by atoms with E-state index in [2.05, 4.69) is 11.9 Å². The van der Waals surface area contributed by atoms with Crippen molar-refractivity contribution in [3.63, 3.8) is 0 Å². The number of amidine groups is 1. The monoisotopic (exact) mass is 524 g/mol. The Hall–Kier alpha value is -2.80. The largest absolute Gasteiger partial charge is 0.486 e. The summed E-state index contributed by atoms with van der Waals surface area (Å²) in [6.07, 6.45) is 14.3. The highest BCUT2D eigenvalue weighted by molar-refractivity contribution is 8.18. The van der Waals surface area contributed by atoms with Crippen molar-refractivity contribution in [1.82, 2.24) is 4.90 Å². The highest BCUT2D eigenvalue weighted by Crippen LogP contribution is 2.36. The number of thioether (sulfide) groups is 1. The fourth-order valence-corrected chi connectivity index (χ4v) is 5.50. The number of amides is 1. The number of nitrogens with zero attached hydrogens (tertiary/aromatic N) is 2. The van der Waals surface area contributed by atoms with Crippen LogP contribution in [0.5, 0.6) is 11.5 Å². The molecule has 2 heterocycles. The molecule has 1 fully saturated rings. The predicted octanol–water partition coefficient (Wildman–Crippen LogP) is 8.12. The molecule has 0 spiro atoms. The number of hydrogen-bond acceptors (Lipinski definition) is 5. The van der Waals surface area contributed by atoms with E-state index in [4.69, 9.17) is 9.47 Å². The number of carbonyl (C=O) groups is 1. The maximum Gasteiger partial charge on any atom is 0.266 e. The molecule has 5 nitrogen and oxygen atoms in total. The van der Waals surface area contributed by atoms with Gasteiger partial charge in [0.1, 0.15) is 19.0 Å². The molecule has 0 saturated carbocycles. The van der Waals surface area contributed by atoms with Crippen LogP contribution in [0.25, 0.3) is 6.08 Å². The van der Waals surface area contributed by atoms with Crippen LogP contribution in [0.15, 0.2) is 52.4 Å². The van der Waals surface area contributed by atoms with Gasteiger partial charge in [-0.05, 0) is 66.2 Å². The second kappa shape index (κ2) is 14.2. The lowest BCUT2D eigenvalue weighted by Gasteiger charge is -2.18. The molecule has 7 heteroatoms. The summed E-state index contributed by atoms with van der Waals surface area (Å²) in [5.41, 5.74) is 1.51. The molecular formula is C30H37FN2O3S. The van der Waals surface area contributed by atoms with Gasteiger partial charge < -0.3 is 9.47 Å². The Morgan fingerprint density at radius 3 is 2.24 bits per heavy atom. The smallest absolute Gasteiger partial charge is 0.266 e. The van der Waals surface area contributed by atoms with Crippen LogP contribution in [0.2, 0.25) is 0 Å². The van der Waals surface area contributed by atoms with Gasteiger partial charge in [0.2, 0.25) is 0 Å². The molecule has 0 N–H and O–H groups in total. The summed E-state index contributed by atoms with van der Waals surface area (Å²) < 4.78 is 24.7. The van der Waals surface area contributed by atoms with Crippen LogP contribution < -0.4 is 9.47 Å².